The van der Waals surface area contributed by atoms with Gasteiger partial charge in [0.2, 0.25) is 0 Å². The van der Waals surface area contributed by atoms with E-state index in [1.165, 1.54) is 0 Å². The van der Waals surface area contributed by atoms with E-state index in [2.05, 4.69) is 16.3 Å². The molecule has 8 heteroatoms. The highest BCUT2D eigenvalue weighted by Gasteiger charge is 2.35. The van der Waals surface area contributed by atoms with Gasteiger partial charge in [-0.05, 0) is 11.8 Å². The van der Waals surface area contributed by atoms with Crippen molar-refractivity contribution >= 4 is 18.5 Å². The van der Waals surface area contributed by atoms with E-state index in [4.69, 9.17) is 19.6 Å². The van der Waals surface area contributed by atoms with Gasteiger partial charge >= 0.3 is 6.72 Å². The summed E-state index contributed by atoms with van der Waals surface area (Å²) in [6, 6.07) is 0. The summed E-state index contributed by atoms with van der Waals surface area (Å²) in [4.78, 5) is 17.4. The second kappa shape index (κ2) is 4.29. The Kier molecular flexibility index (Phi) is 3.79. The Balaban J connectivity index is 2.35. The summed E-state index contributed by atoms with van der Waals surface area (Å²) in [6.07, 6.45) is -2.78. The largest absolute Gasteiger partial charge is 0.388 e. The number of hydrogen-bond donors (Lipinski definition) is 4. The second-order valence-corrected chi connectivity index (χ2v) is 5.38. The SMILES string of the molecule is OC1COC(COP(O)(O)=S)C1O. The molecule has 0 spiro atoms. The predicted octanol–water partition coefficient (Wildman–Crippen LogP) is -1.67. The first kappa shape index (κ1) is 11.5. The van der Waals surface area contributed by atoms with Crippen LogP contribution in [-0.2, 0) is 21.1 Å². The van der Waals surface area contributed by atoms with E-state index in [9.17, 15) is 5.11 Å². The van der Waals surface area contributed by atoms with Crippen LogP contribution in [0, 0.1) is 0 Å². The zero-order valence-electron chi connectivity index (χ0n) is 6.61. The van der Waals surface area contributed by atoms with Crippen molar-refractivity contribution in [3.8, 4) is 0 Å². The summed E-state index contributed by atoms with van der Waals surface area (Å²) in [5, 5.41) is 18.2. The van der Waals surface area contributed by atoms with Gasteiger partial charge < -0.3 is 29.3 Å². The Labute approximate surface area is 80.0 Å². The molecule has 1 heterocycles. The first-order valence-electron chi connectivity index (χ1n) is 3.58. The van der Waals surface area contributed by atoms with Crippen molar-refractivity contribution in [3.05, 3.63) is 0 Å². The summed E-state index contributed by atoms with van der Waals surface area (Å²) in [5.41, 5.74) is 0. The van der Waals surface area contributed by atoms with Gasteiger partial charge in [-0.25, -0.2) is 0 Å². The molecule has 0 aromatic carbocycles. The van der Waals surface area contributed by atoms with Gasteiger partial charge in [-0.15, -0.1) is 0 Å². The maximum absolute atomic E-state index is 9.21. The number of hydrogen-bond acceptors (Lipinski definition) is 5. The normalized spacial score (nSPS) is 35.2. The minimum atomic E-state index is -3.70. The van der Waals surface area contributed by atoms with Crippen LogP contribution in [0.1, 0.15) is 0 Å². The predicted molar refractivity (Wildman–Crippen MR) is 46.4 cm³/mol. The summed E-state index contributed by atoms with van der Waals surface area (Å²) < 4.78 is 9.37. The van der Waals surface area contributed by atoms with Gasteiger partial charge in [0.25, 0.3) is 0 Å². The van der Waals surface area contributed by atoms with E-state index < -0.39 is 25.0 Å². The van der Waals surface area contributed by atoms with Crippen molar-refractivity contribution in [2.45, 2.75) is 18.3 Å². The molecular weight excluding hydrogens is 219 g/mol. The van der Waals surface area contributed by atoms with Crippen LogP contribution in [0.3, 0.4) is 0 Å². The van der Waals surface area contributed by atoms with E-state index in [1.54, 1.807) is 0 Å². The molecule has 0 saturated carbocycles. The minimum Gasteiger partial charge on any atom is -0.388 e. The third-order valence-electron chi connectivity index (χ3n) is 1.66. The van der Waals surface area contributed by atoms with E-state index in [0.29, 0.717) is 0 Å². The van der Waals surface area contributed by atoms with Crippen molar-refractivity contribution in [2.75, 3.05) is 13.2 Å². The van der Waals surface area contributed by atoms with Crippen LogP contribution in [0.5, 0.6) is 0 Å². The van der Waals surface area contributed by atoms with Gasteiger partial charge in [-0.1, -0.05) is 0 Å². The Morgan fingerprint density at radius 3 is 2.46 bits per heavy atom. The molecule has 1 fully saturated rings. The third kappa shape index (κ3) is 3.57. The highest BCUT2D eigenvalue weighted by atomic mass is 32.5. The molecule has 0 bridgehead atoms. The fourth-order valence-corrected chi connectivity index (χ4v) is 1.51. The monoisotopic (exact) mass is 230 g/mol. The molecule has 1 aliphatic rings. The van der Waals surface area contributed by atoms with Crippen molar-refractivity contribution < 1.29 is 29.3 Å². The molecule has 0 amide bonds. The summed E-state index contributed by atoms with van der Waals surface area (Å²) in [6.45, 7) is -3.93. The van der Waals surface area contributed by atoms with Crippen molar-refractivity contribution in [2.24, 2.45) is 0 Å². The first-order chi connectivity index (χ1) is 5.90. The number of aliphatic hydroxyl groups excluding tert-OH is 2. The molecule has 4 N–H and O–H groups in total. The average molecular weight is 230 g/mol. The highest BCUT2D eigenvalue weighted by Crippen LogP contribution is 2.37. The average Bonchev–Trinajstić information content (AvgIpc) is 2.29. The highest BCUT2D eigenvalue weighted by molar-refractivity contribution is 8.06. The van der Waals surface area contributed by atoms with Gasteiger partial charge in [-0.3, -0.25) is 0 Å². The molecule has 0 aromatic heterocycles. The maximum Gasteiger partial charge on any atom is 0.321 e. The standard InChI is InChI=1S/C5H11O6PS/c6-3-1-10-4(5(3)7)2-11-12(8,9)13/h3-7H,1-2H2,(H2,8,9,13). The fraction of sp³-hybridized carbons (Fsp3) is 1.00. The Hall–Kier alpha value is 0.410. The Morgan fingerprint density at radius 1 is 1.46 bits per heavy atom. The fourth-order valence-electron chi connectivity index (χ4n) is 0.984. The van der Waals surface area contributed by atoms with Crippen molar-refractivity contribution in [1.29, 1.82) is 0 Å². The molecule has 1 rings (SSSR count). The third-order valence-corrected chi connectivity index (χ3v) is 2.46. The Bertz CT molecular complexity index is 217. The van der Waals surface area contributed by atoms with Gasteiger partial charge in [0.05, 0.1) is 13.2 Å². The van der Waals surface area contributed by atoms with Crippen LogP contribution in [-0.4, -0.2) is 51.5 Å². The quantitative estimate of drug-likeness (QED) is 0.430. The molecule has 0 aliphatic carbocycles. The van der Waals surface area contributed by atoms with Gasteiger partial charge in [0, 0.05) is 0 Å². The van der Waals surface area contributed by atoms with Crippen LogP contribution >= 0.6 is 6.72 Å². The van der Waals surface area contributed by atoms with Crippen LogP contribution in [0.15, 0.2) is 0 Å². The lowest BCUT2D eigenvalue weighted by Gasteiger charge is -2.16. The lowest BCUT2D eigenvalue weighted by Crippen LogP contribution is -2.32. The van der Waals surface area contributed by atoms with Crippen molar-refractivity contribution in [1.82, 2.24) is 0 Å². The van der Waals surface area contributed by atoms with Crippen LogP contribution in [0.4, 0.5) is 0 Å². The van der Waals surface area contributed by atoms with Gasteiger partial charge in [0.1, 0.15) is 18.3 Å². The van der Waals surface area contributed by atoms with E-state index in [-0.39, 0.29) is 13.2 Å². The lowest BCUT2D eigenvalue weighted by atomic mass is 10.2. The number of aliphatic hydroxyl groups is 2. The summed E-state index contributed by atoms with van der Waals surface area (Å²) in [5.74, 6) is 0. The Morgan fingerprint density at radius 2 is 2.08 bits per heavy atom. The topological polar surface area (TPSA) is 99.4 Å². The molecule has 0 radical (unpaired) electrons. The molecule has 3 atom stereocenters. The van der Waals surface area contributed by atoms with Gasteiger partial charge in [-0.2, -0.15) is 0 Å². The number of rotatable bonds is 3. The van der Waals surface area contributed by atoms with E-state index in [1.807, 2.05) is 0 Å². The zero-order chi connectivity index (χ0) is 10.1. The van der Waals surface area contributed by atoms with Crippen molar-refractivity contribution in [3.63, 3.8) is 0 Å². The number of ether oxygens (including phenoxy) is 1. The van der Waals surface area contributed by atoms with E-state index >= 15 is 0 Å². The molecule has 3 unspecified atom stereocenters. The van der Waals surface area contributed by atoms with Gasteiger partial charge in [0.15, 0.2) is 0 Å². The molecule has 1 saturated heterocycles. The molecule has 6 nitrogen and oxygen atoms in total. The molecular formula is C5H11O6PS. The first-order valence-corrected chi connectivity index (χ1v) is 6.20. The summed E-state index contributed by atoms with van der Waals surface area (Å²) in [7, 11) is 0. The molecule has 13 heavy (non-hydrogen) atoms. The lowest BCUT2D eigenvalue weighted by molar-refractivity contribution is -0.00253. The molecule has 78 valence electrons. The second-order valence-electron chi connectivity index (χ2n) is 2.72. The van der Waals surface area contributed by atoms with Crippen LogP contribution in [0.25, 0.3) is 0 Å². The van der Waals surface area contributed by atoms with Crippen LogP contribution in [0.2, 0.25) is 0 Å². The summed E-state index contributed by atoms with van der Waals surface area (Å²) >= 11 is 4.19. The zero-order valence-corrected chi connectivity index (χ0v) is 8.32. The smallest absolute Gasteiger partial charge is 0.321 e. The minimum absolute atomic E-state index is 0.00885. The van der Waals surface area contributed by atoms with Crippen LogP contribution < -0.4 is 0 Å². The molecule has 0 aromatic rings. The maximum atomic E-state index is 9.21. The van der Waals surface area contributed by atoms with E-state index in [0.717, 1.165) is 0 Å². The molecule has 1 aliphatic heterocycles.